The molecule has 1 fully saturated rings. The van der Waals surface area contributed by atoms with Crippen LogP contribution in [0.15, 0.2) is 24.3 Å². The fourth-order valence-corrected chi connectivity index (χ4v) is 3.60. The molecule has 22 heavy (non-hydrogen) atoms. The van der Waals surface area contributed by atoms with Gasteiger partial charge in [0, 0.05) is 25.3 Å². The largest absolute Gasteiger partial charge is 0.362 e. The molecule has 0 amide bonds. The standard InChI is InChI=1S/C18H29N3S/c1-14-6-4-7-17(11-14)20-18(22)19-8-5-9-21-12-15(2)10-16(3)13-21/h4,6-7,11,15-16H,5,8-10,12-13H2,1-3H3,(H2,19,20,22)/t15-,16+. The Morgan fingerprint density at radius 3 is 2.68 bits per heavy atom. The first-order valence-electron chi connectivity index (χ1n) is 8.37. The van der Waals surface area contributed by atoms with Crippen LogP contribution in [0.3, 0.4) is 0 Å². The monoisotopic (exact) mass is 319 g/mol. The van der Waals surface area contributed by atoms with Crippen molar-refractivity contribution in [2.45, 2.75) is 33.6 Å². The van der Waals surface area contributed by atoms with Crippen LogP contribution in [0.1, 0.15) is 32.3 Å². The molecule has 1 aromatic carbocycles. The molecule has 0 aliphatic carbocycles. The molecule has 0 saturated carbocycles. The third-order valence-electron chi connectivity index (χ3n) is 4.16. The highest BCUT2D eigenvalue weighted by Crippen LogP contribution is 2.20. The normalized spacial score (nSPS) is 22.3. The summed E-state index contributed by atoms with van der Waals surface area (Å²) in [5.74, 6) is 1.67. The average molecular weight is 320 g/mol. The van der Waals surface area contributed by atoms with Gasteiger partial charge < -0.3 is 15.5 Å². The first-order chi connectivity index (χ1) is 10.5. The van der Waals surface area contributed by atoms with E-state index in [0.29, 0.717) is 5.11 Å². The maximum Gasteiger partial charge on any atom is 0.170 e. The molecule has 1 saturated heterocycles. The Morgan fingerprint density at radius 2 is 2.00 bits per heavy atom. The number of likely N-dealkylation sites (tertiary alicyclic amines) is 1. The van der Waals surface area contributed by atoms with E-state index in [-0.39, 0.29) is 0 Å². The second-order valence-corrected chi connectivity index (χ2v) is 7.22. The molecule has 4 heteroatoms. The summed E-state index contributed by atoms with van der Waals surface area (Å²) in [7, 11) is 0. The van der Waals surface area contributed by atoms with Gasteiger partial charge in [0.05, 0.1) is 0 Å². The number of thiocarbonyl (C=S) groups is 1. The minimum atomic E-state index is 0.714. The van der Waals surface area contributed by atoms with E-state index in [9.17, 15) is 0 Å². The van der Waals surface area contributed by atoms with Crippen LogP contribution in [0.4, 0.5) is 5.69 Å². The molecule has 0 bridgehead atoms. The Kier molecular flexibility index (Phi) is 6.65. The van der Waals surface area contributed by atoms with Crippen LogP contribution in [0, 0.1) is 18.8 Å². The Labute approximate surface area is 140 Å². The predicted octanol–water partition coefficient (Wildman–Crippen LogP) is 3.65. The molecule has 0 unspecified atom stereocenters. The van der Waals surface area contributed by atoms with Crippen molar-refractivity contribution in [3.05, 3.63) is 29.8 Å². The molecule has 1 aromatic rings. The van der Waals surface area contributed by atoms with E-state index < -0.39 is 0 Å². The van der Waals surface area contributed by atoms with Crippen LogP contribution in [0.5, 0.6) is 0 Å². The van der Waals surface area contributed by atoms with Crippen molar-refractivity contribution >= 4 is 23.0 Å². The van der Waals surface area contributed by atoms with Crippen molar-refractivity contribution in [1.82, 2.24) is 10.2 Å². The van der Waals surface area contributed by atoms with Gasteiger partial charge in [-0.15, -0.1) is 0 Å². The summed E-state index contributed by atoms with van der Waals surface area (Å²) in [5.41, 5.74) is 2.29. The Bertz CT molecular complexity index is 479. The molecule has 0 aromatic heterocycles. The van der Waals surface area contributed by atoms with Crippen molar-refractivity contribution in [1.29, 1.82) is 0 Å². The number of benzene rings is 1. The van der Waals surface area contributed by atoms with Crippen LogP contribution in [-0.4, -0.2) is 36.2 Å². The summed E-state index contributed by atoms with van der Waals surface area (Å²) in [4.78, 5) is 2.59. The van der Waals surface area contributed by atoms with E-state index in [1.165, 1.54) is 25.1 Å². The molecule has 2 rings (SSSR count). The van der Waals surface area contributed by atoms with Gasteiger partial charge in [-0.1, -0.05) is 26.0 Å². The second kappa shape index (κ2) is 8.49. The van der Waals surface area contributed by atoms with E-state index in [1.807, 2.05) is 12.1 Å². The van der Waals surface area contributed by atoms with Crippen molar-refractivity contribution in [2.24, 2.45) is 11.8 Å². The van der Waals surface area contributed by atoms with E-state index in [0.717, 1.165) is 37.0 Å². The molecule has 1 aliphatic heterocycles. The summed E-state index contributed by atoms with van der Waals surface area (Å²) in [6.07, 6.45) is 2.51. The highest BCUT2D eigenvalue weighted by molar-refractivity contribution is 7.80. The Balaban J connectivity index is 1.63. The number of hydrogen-bond donors (Lipinski definition) is 2. The number of nitrogens with zero attached hydrogens (tertiary/aromatic N) is 1. The van der Waals surface area contributed by atoms with Gasteiger partial charge in [0.15, 0.2) is 5.11 Å². The SMILES string of the molecule is Cc1cccc(NC(=S)NCCCN2C[C@H](C)C[C@H](C)C2)c1. The number of aryl methyl sites for hydroxylation is 1. The zero-order valence-corrected chi connectivity index (χ0v) is 14.9. The molecule has 1 heterocycles. The first kappa shape index (κ1) is 17.2. The van der Waals surface area contributed by atoms with Gasteiger partial charge in [0.1, 0.15) is 0 Å². The quantitative estimate of drug-likeness (QED) is 0.640. The molecule has 3 nitrogen and oxygen atoms in total. The summed E-state index contributed by atoms with van der Waals surface area (Å²) in [6, 6.07) is 8.27. The Hall–Kier alpha value is -1.13. The molecular weight excluding hydrogens is 290 g/mol. The number of nitrogens with one attached hydrogen (secondary N) is 2. The van der Waals surface area contributed by atoms with Crippen molar-refractivity contribution in [3.8, 4) is 0 Å². The maximum absolute atomic E-state index is 5.35. The van der Waals surface area contributed by atoms with Crippen LogP contribution in [0.2, 0.25) is 0 Å². The third kappa shape index (κ3) is 5.93. The minimum Gasteiger partial charge on any atom is -0.362 e. The van der Waals surface area contributed by atoms with Crippen LogP contribution < -0.4 is 10.6 Å². The van der Waals surface area contributed by atoms with Gasteiger partial charge in [-0.05, 0) is 68.1 Å². The summed E-state index contributed by atoms with van der Waals surface area (Å²) < 4.78 is 0. The summed E-state index contributed by atoms with van der Waals surface area (Å²) in [6.45, 7) is 11.4. The highest BCUT2D eigenvalue weighted by Gasteiger charge is 2.20. The lowest BCUT2D eigenvalue weighted by Gasteiger charge is -2.35. The number of anilines is 1. The molecule has 1 aliphatic rings. The van der Waals surface area contributed by atoms with Crippen LogP contribution in [-0.2, 0) is 0 Å². The van der Waals surface area contributed by atoms with Gasteiger partial charge in [-0.25, -0.2) is 0 Å². The van der Waals surface area contributed by atoms with E-state index in [4.69, 9.17) is 12.2 Å². The zero-order valence-electron chi connectivity index (χ0n) is 14.1. The molecule has 0 spiro atoms. The predicted molar refractivity (Wildman–Crippen MR) is 99.4 cm³/mol. The molecule has 122 valence electrons. The second-order valence-electron chi connectivity index (χ2n) is 6.81. The average Bonchev–Trinajstić information content (AvgIpc) is 2.42. The smallest absolute Gasteiger partial charge is 0.170 e. The van der Waals surface area contributed by atoms with Crippen LogP contribution >= 0.6 is 12.2 Å². The van der Waals surface area contributed by atoms with E-state index in [2.05, 4.69) is 48.4 Å². The Morgan fingerprint density at radius 1 is 1.27 bits per heavy atom. The van der Waals surface area contributed by atoms with Gasteiger partial charge >= 0.3 is 0 Å². The zero-order chi connectivity index (χ0) is 15.9. The van der Waals surface area contributed by atoms with Gasteiger partial charge in [0.2, 0.25) is 0 Å². The van der Waals surface area contributed by atoms with Gasteiger partial charge in [-0.3, -0.25) is 0 Å². The lowest BCUT2D eigenvalue weighted by molar-refractivity contribution is 0.140. The molecule has 2 N–H and O–H groups in total. The number of hydrogen-bond acceptors (Lipinski definition) is 2. The van der Waals surface area contributed by atoms with Crippen molar-refractivity contribution < 1.29 is 0 Å². The maximum atomic E-state index is 5.35. The molecular formula is C18H29N3S. The summed E-state index contributed by atoms with van der Waals surface area (Å²) in [5, 5.41) is 7.26. The van der Waals surface area contributed by atoms with Crippen molar-refractivity contribution in [3.63, 3.8) is 0 Å². The van der Waals surface area contributed by atoms with E-state index >= 15 is 0 Å². The number of piperidine rings is 1. The van der Waals surface area contributed by atoms with E-state index in [1.54, 1.807) is 0 Å². The van der Waals surface area contributed by atoms with Gasteiger partial charge in [0.25, 0.3) is 0 Å². The molecule has 0 radical (unpaired) electrons. The third-order valence-corrected chi connectivity index (χ3v) is 4.40. The first-order valence-corrected chi connectivity index (χ1v) is 8.77. The lowest BCUT2D eigenvalue weighted by Crippen LogP contribution is -2.40. The highest BCUT2D eigenvalue weighted by atomic mass is 32.1. The fourth-order valence-electron chi connectivity index (χ4n) is 3.38. The van der Waals surface area contributed by atoms with Crippen LogP contribution in [0.25, 0.3) is 0 Å². The molecule has 2 atom stereocenters. The topological polar surface area (TPSA) is 27.3 Å². The number of rotatable bonds is 5. The lowest BCUT2D eigenvalue weighted by atomic mass is 9.92. The van der Waals surface area contributed by atoms with Gasteiger partial charge in [-0.2, -0.15) is 0 Å². The summed E-state index contributed by atoms with van der Waals surface area (Å²) >= 11 is 5.35. The fraction of sp³-hybridized carbons (Fsp3) is 0.611. The minimum absolute atomic E-state index is 0.714. The van der Waals surface area contributed by atoms with Crippen molar-refractivity contribution in [2.75, 3.05) is 31.5 Å².